The Morgan fingerprint density at radius 2 is 2.28 bits per heavy atom. The van der Waals surface area contributed by atoms with E-state index in [1.54, 1.807) is 32.0 Å². The lowest BCUT2D eigenvalue weighted by molar-refractivity contribution is -0.212. The fourth-order valence-electron chi connectivity index (χ4n) is 1.80. The minimum Gasteiger partial charge on any atom is -0.750 e. The molecule has 0 N–H and O–H groups in total. The van der Waals surface area contributed by atoms with Gasteiger partial charge in [0.05, 0.1) is 18.0 Å². The van der Waals surface area contributed by atoms with Crippen LogP contribution >= 0.6 is 11.6 Å². The van der Waals surface area contributed by atoms with E-state index in [2.05, 4.69) is 4.18 Å². The Kier molecular flexibility index (Phi) is 3.93. The van der Waals surface area contributed by atoms with Crippen LogP contribution in [0, 0.1) is 0 Å². The predicted octanol–water partition coefficient (Wildman–Crippen LogP) is 2.34. The smallest absolute Gasteiger partial charge is 0.205 e. The molecule has 1 aliphatic rings. The summed E-state index contributed by atoms with van der Waals surface area (Å²) < 4.78 is 36.7. The normalized spacial score (nSPS) is 23.0. The monoisotopic (exact) mass is 291 g/mol. The van der Waals surface area contributed by atoms with E-state index in [-0.39, 0.29) is 6.61 Å². The molecule has 0 saturated heterocycles. The van der Waals surface area contributed by atoms with Gasteiger partial charge in [0.2, 0.25) is 5.79 Å². The summed E-state index contributed by atoms with van der Waals surface area (Å²) in [6.45, 7) is 3.37. The van der Waals surface area contributed by atoms with E-state index >= 15 is 0 Å². The average molecular weight is 292 g/mol. The second-order valence-corrected chi connectivity index (χ2v) is 5.36. The van der Waals surface area contributed by atoms with Gasteiger partial charge in [-0.25, -0.2) is 4.21 Å². The van der Waals surface area contributed by atoms with Gasteiger partial charge in [0.25, 0.3) is 0 Å². The molecule has 5 nitrogen and oxygen atoms in total. The number of rotatable bonds is 3. The molecule has 1 aliphatic heterocycles. The van der Waals surface area contributed by atoms with Crippen molar-refractivity contribution in [2.45, 2.75) is 25.7 Å². The van der Waals surface area contributed by atoms with Gasteiger partial charge in [-0.15, -0.1) is 0 Å². The molecule has 2 rings (SSSR count). The van der Waals surface area contributed by atoms with Crippen LogP contribution in [0.5, 0.6) is 5.75 Å². The van der Waals surface area contributed by atoms with Crippen molar-refractivity contribution in [2.75, 3.05) is 6.61 Å². The first-order valence-electron chi connectivity index (χ1n) is 5.26. The van der Waals surface area contributed by atoms with Gasteiger partial charge in [0.1, 0.15) is 11.9 Å². The highest BCUT2D eigenvalue weighted by molar-refractivity contribution is 7.74. The second kappa shape index (κ2) is 5.14. The minimum absolute atomic E-state index is 0.115. The quantitative estimate of drug-likeness (QED) is 0.800. The molecule has 0 radical (unpaired) electrons. The van der Waals surface area contributed by atoms with Crippen molar-refractivity contribution in [1.29, 1.82) is 0 Å². The highest BCUT2D eigenvalue weighted by atomic mass is 35.5. The van der Waals surface area contributed by atoms with Crippen molar-refractivity contribution in [3.63, 3.8) is 0 Å². The Labute approximate surface area is 112 Å². The summed E-state index contributed by atoms with van der Waals surface area (Å²) in [5, 5.41) is 0.522. The third-order valence-corrected chi connectivity index (χ3v) is 2.98. The van der Waals surface area contributed by atoms with Gasteiger partial charge in [-0.1, -0.05) is 11.6 Å². The molecule has 0 aliphatic carbocycles. The van der Waals surface area contributed by atoms with Crippen LogP contribution in [0.3, 0.4) is 0 Å². The Morgan fingerprint density at radius 3 is 2.94 bits per heavy atom. The predicted molar refractivity (Wildman–Crippen MR) is 64.9 cm³/mol. The SMILES string of the molecule is CC1(C)Oc2ccc(Cl)cc2[C@@H](COS(=O)[O-])O1. The topological polar surface area (TPSA) is 67.8 Å². The molecule has 18 heavy (non-hydrogen) atoms. The van der Waals surface area contributed by atoms with E-state index in [9.17, 15) is 8.76 Å². The van der Waals surface area contributed by atoms with E-state index < -0.39 is 23.3 Å². The zero-order chi connectivity index (χ0) is 13.3. The summed E-state index contributed by atoms with van der Waals surface area (Å²) in [5.41, 5.74) is 0.673. The van der Waals surface area contributed by atoms with Crippen molar-refractivity contribution < 1.29 is 22.4 Å². The fourth-order valence-corrected chi connectivity index (χ4v) is 2.22. The molecule has 1 heterocycles. The maximum atomic E-state index is 10.4. The minimum atomic E-state index is -2.58. The number of ether oxygens (including phenoxy) is 2. The molecular weight excluding hydrogens is 280 g/mol. The van der Waals surface area contributed by atoms with E-state index in [0.29, 0.717) is 16.3 Å². The van der Waals surface area contributed by atoms with E-state index in [4.69, 9.17) is 21.1 Å². The number of hydrogen-bond donors (Lipinski definition) is 0. The van der Waals surface area contributed by atoms with Gasteiger partial charge >= 0.3 is 0 Å². The van der Waals surface area contributed by atoms with Crippen LogP contribution in [0.2, 0.25) is 5.02 Å². The van der Waals surface area contributed by atoms with Crippen LogP contribution in [0.4, 0.5) is 0 Å². The number of fused-ring (bicyclic) bond motifs is 1. The van der Waals surface area contributed by atoms with Crippen LogP contribution in [-0.4, -0.2) is 21.2 Å². The molecule has 1 aromatic carbocycles. The van der Waals surface area contributed by atoms with E-state index in [1.807, 2.05) is 0 Å². The largest absolute Gasteiger partial charge is 0.750 e. The van der Waals surface area contributed by atoms with Crippen molar-refractivity contribution in [1.82, 2.24) is 0 Å². The Bertz CT molecular complexity index is 477. The van der Waals surface area contributed by atoms with Gasteiger partial charge in [-0.2, -0.15) is 0 Å². The summed E-state index contributed by atoms with van der Waals surface area (Å²) in [6, 6.07) is 5.10. The zero-order valence-electron chi connectivity index (χ0n) is 9.84. The molecule has 100 valence electrons. The standard InChI is InChI=1S/C11H13ClO5S/c1-11(2)16-9-4-3-7(12)5-8(9)10(17-11)6-15-18(13)14/h3-5,10H,6H2,1-2H3,(H,13,14)/p-1/t10-/m1/s1. The lowest BCUT2D eigenvalue weighted by atomic mass is 10.1. The van der Waals surface area contributed by atoms with Crippen LogP contribution in [0.15, 0.2) is 18.2 Å². The van der Waals surface area contributed by atoms with E-state index in [0.717, 1.165) is 0 Å². The number of benzene rings is 1. The molecule has 0 amide bonds. The number of halogens is 1. The first-order chi connectivity index (χ1) is 8.37. The van der Waals surface area contributed by atoms with Crippen molar-refractivity contribution in [3.8, 4) is 5.75 Å². The molecule has 0 fully saturated rings. The van der Waals surface area contributed by atoms with E-state index in [1.165, 1.54) is 0 Å². The average Bonchev–Trinajstić information content (AvgIpc) is 2.26. The summed E-state index contributed by atoms with van der Waals surface area (Å²) in [4.78, 5) is 0. The van der Waals surface area contributed by atoms with Crippen molar-refractivity contribution in [3.05, 3.63) is 28.8 Å². The first-order valence-corrected chi connectivity index (χ1v) is 6.64. The molecule has 0 saturated carbocycles. The Balaban J connectivity index is 2.29. The van der Waals surface area contributed by atoms with Crippen molar-refractivity contribution in [2.24, 2.45) is 0 Å². The molecule has 0 aromatic heterocycles. The third kappa shape index (κ3) is 3.21. The Morgan fingerprint density at radius 1 is 1.56 bits per heavy atom. The lowest BCUT2D eigenvalue weighted by Gasteiger charge is -2.37. The molecule has 0 spiro atoms. The Hall–Kier alpha value is -0.660. The van der Waals surface area contributed by atoms with Crippen LogP contribution < -0.4 is 4.74 Å². The fraction of sp³-hybridized carbons (Fsp3) is 0.455. The molecule has 1 unspecified atom stereocenters. The molecule has 0 bridgehead atoms. The molecule has 1 aromatic rings. The van der Waals surface area contributed by atoms with Crippen molar-refractivity contribution >= 4 is 23.0 Å². The van der Waals surface area contributed by atoms with Crippen LogP contribution in [-0.2, 0) is 20.3 Å². The number of hydrogen-bond acceptors (Lipinski definition) is 5. The van der Waals surface area contributed by atoms with Gasteiger partial charge in [-0.05, 0) is 18.2 Å². The van der Waals surface area contributed by atoms with Gasteiger partial charge < -0.3 is 14.0 Å². The lowest BCUT2D eigenvalue weighted by Crippen LogP contribution is -2.39. The second-order valence-electron chi connectivity index (χ2n) is 4.28. The molecule has 2 atom stereocenters. The maximum absolute atomic E-state index is 10.4. The summed E-state index contributed by atoms with van der Waals surface area (Å²) in [6.07, 6.45) is -0.541. The molecular formula is C11H12ClO5S-. The zero-order valence-corrected chi connectivity index (χ0v) is 11.4. The molecule has 7 heteroatoms. The first kappa shape index (κ1) is 13.8. The highest BCUT2D eigenvalue weighted by Crippen LogP contribution is 2.39. The third-order valence-electron chi connectivity index (χ3n) is 2.42. The van der Waals surface area contributed by atoms with Crippen LogP contribution in [0.25, 0.3) is 0 Å². The van der Waals surface area contributed by atoms with Crippen LogP contribution in [0.1, 0.15) is 25.5 Å². The van der Waals surface area contributed by atoms with Gasteiger partial charge in [-0.3, -0.25) is 4.18 Å². The summed E-state index contributed by atoms with van der Waals surface area (Å²) in [5.74, 6) is -0.236. The summed E-state index contributed by atoms with van der Waals surface area (Å²) >= 11 is 3.32. The highest BCUT2D eigenvalue weighted by Gasteiger charge is 2.34. The maximum Gasteiger partial charge on any atom is 0.205 e. The summed E-state index contributed by atoms with van der Waals surface area (Å²) in [7, 11) is 0. The van der Waals surface area contributed by atoms with Gasteiger partial charge in [0.15, 0.2) is 0 Å². The van der Waals surface area contributed by atoms with Gasteiger partial charge in [0, 0.05) is 24.4 Å².